The van der Waals surface area contributed by atoms with Crippen LogP contribution in [0.5, 0.6) is 0 Å². The molecule has 1 amide bonds. The smallest absolute Gasteiger partial charge is 0.342 e. The topological polar surface area (TPSA) is 46.6 Å². The average molecular weight is 484 g/mol. The number of hydrogen-bond acceptors (Lipinski definition) is 3. The number of hydrogen-bond donors (Lipinski definition) is 0. The number of carbonyl (C=O) groups excluding carboxylic acids is 2. The molecule has 1 aliphatic heterocycles. The zero-order chi connectivity index (χ0) is 22.1. The summed E-state index contributed by atoms with van der Waals surface area (Å²) in [6.07, 6.45) is -0.855. The summed E-state index contributed by atoms with van der Waals surface area (Å²) < 4.78 is 6.64. The summed E-state index contributed by atoms with van der Waals surface area (Å²) in [5.41, 5.74) is 4.24. The molecule has 5 rings (SSSR count). The molecule has 4 aromatic rings. The second kappa shape index (κ2) is 8.44. The number of para-hydroxylation sites is 1. The third-order valence-corrected chi connectivity index (χ3v) is 5.98. The van der Waals surface area contributed by atoms with Crippen LogP contribution in [0.1, 0.15) is 32.5 Å². The Kier molecular flexibility index (Phi) is 5.33. The molecule has 5 heteroatoms. The van der Waals surface area contributed by atoms with Gasteiger partial charge in [-0.1, -0.05) is 82.7 Å². The van der Waals surface area contributed by atoms with Crippen LogP contribution in [0, 0.1) is 0 Å². The lowest BCUT2D eigenvalue weighted by Gasteiger charge is -2.36. The third-order valence-electron chi connectivity index (χ3n) is 5.45. The van der Waals surface area contributed by atoms with Crippen LogP contribution >= 0.6 is 15.9 Å². The quantitative estimate of drug-likeness (QED) is 0.307. The van der Waals surface area contributed by atoms with Crippen LogP contribution in [0.15, 0.2) is 108 Å². The van der Waals surface area contributed by atoms with Crippen LogP contribution in [0.25, 0.3) is 11.1 Å². The summed E-state index contributed by atoms with van der Waals surface area (Å²) in [4.78, 5) is 27.9. The van der Waals surface area contributed by atoms with Crippen molar-refractivity contribution in [1.82, 2.24) is 0 Å². The molecule has 4 nitrogen and oxygen atoms in total. The molecule has 0 fully saturated rings. The largest absolute Gasteiger partial charge is 0.433 e. The molecule has 0 saturated carbocycles. The number of esters is 1. The monoisotopic (exact) mass is 483 g/mol. The highest BCUT2D eigenvalue weighted by molar-refractivity contribution is 9.10. The Morgan fingerprint density at radius 2 is 1.38 bits per heavy atom. The van der Waals surface area contributed by atoms with Crippen molar-refractivity contribution >= 4 is 33.5 Å². The molecule has 0 spiro atoms. The fourth-order valence-corrected chi connectivity index (χ4v) is 4.10. The highest BCUT2D eigenvalue weighted by atomic mass is 79.9. The first-order valence-electron chi connectivity index (χ1n) is 10.2. The van der Waals surface area contributed by atoms with Gasteiger partial charge in [-0.3, -0.25) is 9.69 Å². The van der Waals surface area contributed by atoms with Gasteiger partial charge in [0.2, 0.25) is 6.23 Å². The first kappa shape index (κ1) is 20.2. The van der Waals surface area contributed by atoms with Gasteiger partial charge in [-0.05, 0) is 47.5 Å². The minimum atomic E-state index is -0.855. The first-order valence-corrected chi connectivity index (χ1v) is 11.0. The van der Waals surface area contributed by atoms with Crippen LogP contribution in [0.3, 0.4) is 0 Å². The number of nitrogens with zero attached hydrogens (tertiary/aromatic N) is 1. The summed E-state index contributed by atoms with van der Waals surface area (Å²) >= 11 is 3.43. The Hall–Kier alpha value is -3.70. The number of anilines is 1. The summed E-state index contributed by atoms with van der Waals surface area (Å²) in [6, 6.07) is 31.9. The van der Waals surface area contributed by atoms with Crippen molar-refractivity contribution in [3.63, 3.8) is 0 Å². The molecular weight excluding hydrogens is 466 g/mol. The molecular formula is C27H18BrNO3. The molecule has 0 aliphatic carbocycles. The molecule has 4 aromatic carbocycles. The standard InChI is InChI=1S/C27H18BrNO3/c28-22-16-14-21(15-17-22)26-29(24-9-5-4-8-23(24)27(31)32-26)25(30)20-12-10-19(11-13-20)18-6-2-1-3-7-18/h1-17,26H/t26-/m0/s1. The number of ether oxygens (including phenoxy) is 1. The van der Waals surface area contributed by atoms with Gasteiger partial charge in [0.1, 0.15) is 0 Å². The lowest BCUT2D eigenvalue weighted by atomic mass is 10.0. The number of amides is 1. The minimum absolute atomic E-state index is 0.238. The second-order valence-electron chi connectivity index (χ2n) is 7.44. The van der Waals surface area contributed by atoms with E-state index in [-0.39, 0.29) is 5.91 Å². The molecule has 0 saturated heterocycles. The number of halogens is 1. The fraction of sp³-hybridized carbons (Fsp3) is 0.0370. The normalized spacial score (nSPS) is 15.1. The zero-order valence-electron chi connectivity index (χ0n) is 16.9. The molecule has 0 radical (unpaired) electrons. The van der Waals surface area contributed by atoms with E-state index < -0.39 is 12.2 Å². The number of benzene rings is 4. The Morgan fingerprint density at radius 1 is 0.750 bits per heavy atom. The van der Waals surface area contributed by atoms with E-state index in [1.165, 1.54) is 0 Å². The van der Waals surface area contributed by atoms with Crippen molar-refractivity contribution < 1.29 is 14.3 Å². The maximum Gasteiger partial charge on any atom is 0.342 e. The number of cyclic esters (lactones) is 1. The van der Waals surface area contributed by atoms with Crippen LogP contribution < -0.4 is 4.90 Å². The van der Waals surface area contributed by atoms with E-state index in [0.717, 1.165) is 15.6 Å². The maximum absolute atomic E-state index is 13.7. The van der Waals surface area contributed by atoms with Crippen LogP contribution in [0.2, 0.25) is 0 Å². The van der Waals surface area contributed by atoms with E-state index in [1.54, 1.807) is 23.1 Å². The molecule has 1 heterocycles. The van der Waals surface area contributed by atoms with Crippen molar-refractivity contribution in [3.05, 3.63) is 124 Å². The van der Waals surface area contributed by atoms with Crippen LogP contribution in [-0.4, -0.2) is 11.9 Å². The van der Waals surface area contributed by atoms with Gasteiger partial charge < -0.3 is 4.74 Å². The molecule has 0 N–H and O–H groups in total. The van der Waals surface area contributed by atoms with Gasteiger partial charge in [0.05, 0.1) is 11.3 Å². The SMILES string of the molecule is O=C1O[C@@H](c2ccc(Br)cc2)N(C(=O)c2ccc(-c3ccccc3)cc2)c2ccccc21. The lowest BCUT2D eigenvalue weighted by molar-refractivity contribution is 0.0249. The molecule has 0 bridgehead atoms. The van der Waals surface area contributed by atoms with Crippen molar-refractivity contribution in [2.45, 2.75) is 6.23 Å². The van der Waals surface area contributed by atoms with Gasteiger partial charge in [0.25, 0.3) is 5.91 Å². The van der Waals surface area contributed by atoms with E-state index >= 15 is 0 Å². The number of fused-ring (bicyclic) bond motifs is 1. The third kappa shape index (κ3) is 3.72. The molecule has 0 unspecified atom stereocenters. The Morgan fingerprint density at radius 3 is 2.09 bits per heavy atom. The molecule has 0 aromatic heterocycles. The van der Waals surface area contributed by atoms with E-state index in [4.69, 9.17) is 4.74 Å². The van der Waals surface area contributed by atoms with E-state index in [0.29, 0.717) is 22.4 Å². The Labute approximate surface area is 194 Å². The van der Waals surface area contributed by atoms with Gasteiger partial charge >= 0.3 is 5.97 Å². The molecule has 1 atom stereocenters. The first-order chi connectivity index (χ1) is 15.6. The van der Waals surface area contributed by atoms with E-state index in [2.05, 4.69) is 15.9 Å². The van der Waals surface area contributed by atoms with Crippen molar-refractivity contribution in [2.24, 2.45) is 0 Å². The number of carbonyl (C=O) groups is 2. The summed E-state index contributed by atoms with van der Waals surface area (Å²) in [5.74, 6) is -0.686. The Bertz CT molecular complexity index is 1280. The van der Waals surface area contributed by atoms with E-state index in [9.17, 15) is 9.59 Å². The predicted molar refractivity (Wildman–Crippen MR) is 127 cm³/mol. The van der Waals surface area contributed by atoms with Crippen molar-refractivity contribution in [2.75, 3.05) is 4.90 Å². The van der Waals surface area contributed by atoms with Gasteiger partial charge in [-0.25, -0.2) is 4.79 Å². The van der Waals surface area contributed by atoms with Gasteiger partial charge in [0.15, 0.2) is 0 Å². The highest BCUT2D eigenvalue weighted by Crippen LogP contribution is 2.38. The van der Waals surface area contributed by atoms with Crippen LogP contribution in [0.4, 0.5) is 5.69 Å². The fourth-order valence-electron chi connectivity index (χ4n) is 3.84. The predicted octanol–water partition coefficient (Wildman–Crippen LogP) is 6.63. The van der Waals surface area contributed by atoms with Crippen LogP contribution in [-0.2, 0) is 4.74 Å². The van der Waals surface area contributed by atoms with Gasteiger partial charge in [-0.15, -0.1) is 0 Å². The maximum atomic E-state index is 13.7. The molecule has 32 heavy (non-hydrogen) atoms. The molecule has 1 aliphatic rings. The summed E-state index contributed by atoms with van der Waals surface area (Å²) in [5, 5.41) is 0. The van der Waals surface area contributed by atoms with Gasteiger partial charge in [0, 0.05) is 15.6 Å². The zero-order valence-corrected chi connectivity index (χ0v) is 18.5. The minimum Gasteiger partial charge on any atom is -0.433 e. The lowest BCUT2D eigenvalue weighted by Crippen LogP contribution is -2.41. The highest BCUT2D eigenvalue weighted by Gasteiger charge is 2.38. The van der Waals surface area contributed by atoms with E-state index in [1.807, 2.05) is 84.9 Å². The molecule has 156 valence electrons. The average Bonchev–Trinajstić information content (AvgIpc) is 2.85. The number of rotatable bonds is 3. The second-order valence-corrected chi connectivity index (χ2v) is 8.36. The van der Waals surface area contributed by atoms with Gasteiger partial charge in [-0.2, -0.15) is 0 Å². The Balaban J connectivity index is 1.56. The summed E-state index contributed by atoms with van der Waals surface area (Å²) in [7, 11) is 0. The van der Waals surface area contributed by atoms with Crippen molar-refractivity contribution in [3.8, 4) is 11.1 Å². The summed E-state index contributed by atoms with van der Waals surface area (Å²) in [6.45, 7) is 0. The van der Waals surface area contributed by atoms with Crippen molar-refractivity contribution in [1.29, 1.82) is 0 Å².